The van der Waals surface area contributed by atoms with Gasteiger partial charge < -0.3 is 25.6 Å². The summed E-state index contributed by atoms with van der Waals surface area (Å²) in [5.74, 6) is -3.13. The topological polar surface area (TPSA) is 124 Å². The van der Waals surface area contributed by atoms with Crippen LogP contribution in [0.4, 0.5) is 26.3 Å². The van der Waals surface area contributed by atoms with Crippen LogP contribution in [0.25, 0.3) is 0 Å². The Balaban J connectivity index is 0.000000479. The molecule has 33 heavy (non-hydrogen) atoms. The molecule has 0 aliphatic carbocycles. The zero-order chi connectivity index (χ0) is 24.8. The highest BCUT2D eigenvalue weighted by molar-refractivity contribution is 5.94. The molecular weight excluding hydrogens is 464 g/mol. The lowest BCUT2D eigenvalue weighted by molar-refractivity contribution is -0.192. The molecule has 2 aromatic rings. The van der Waals surface area contributed by atoms with E-state index in [0.717, 1.165) is 6.07 Å². The first-order chi connectivity index (χ1) is 15.3. The first-order valence-electron chi connectivity index (χ1n) is 9.04. The van der Waals surface area contributed by atoms with Crippen molar-refractivity contribution in [2.45, 2.75) is 24.9 Å². The van der Waals surface area contributed by atoms with Crippen molar-refractivity contribution >= 4 is 11.9 Å². The van der Waals surface area contributed by atoms with Crippen LogP contribution in [0.15, 0.2) is 36.4 Å². The van der Waals surface area contributed by atoms with Gasteiger partial charge in [-0.25, -0.2) is 9.78 Å². The summed E-state index contributed by atoms with van der Waals surface area (Å²) >= 11 is 0. The van der Waals surface area contributed by atoms with Gasteiger partial charge in [0, 0.05) is 18.2 Å². The minimum atomic E-state index is -5.08. The lowest BCUT2D eigenvalue weighted by Gasteiger charge is -2.26. The third-order valence-electron chi connectivity index (χ3n) is 3.92. The number of carbonyl (C=O) groups is 2. The van der Waals surface area contributed by atoms with Gasteiger partial charge in [0.25, 0.3) is 5.91 Å². The van der Waals surface area contributed by atoms with Gasteiger partial charge in [0.1, 0.15) is 11.4 Å². The monoisotopic (exact) mass is 481 g/mol. The van der Waals surface area contributed by atoms with E-state index in [0.29, 0.717) is 18.8 Å². The fourth-order valence-corrected chi connectivity index (χ4v) is 2.28. The number of rotatable bonds is 5. The number of halogens is 6. The number of nitrogens with zero attached hydrogens (tertiary/aromatic N) is 1. The van der Waals surface area contributed by atoms with Gasteiger partial charge in [0.15, 0.2) is 0 Å². The number of alkyl halides is 6. The van der Waals surface area contributed by atoms with Gasteiger partial charge >= 0.3 is 18.3 Å². The van der Waals surface area contributed by atoms with Crippen LogP contribution in [0, 0.1) is 0 Å². The van der Waals surface area contributed by atoms with E-state index in [1.54, 1.807) is 12.1 Å². The predicted molar refractivity (Wildman–Crippen MR) is 99.4 cm³/mol. The molecule has 4 N–H and O–H groups in total. The quantitative estimate of drug-likeness (QED) is 0.561. The standard InChI is InChI=1S/C17H16F3N3O3.C2HF3O2/c18-17(19,20)14-4-10(7-21)5-15(23-14)26-13-3-1-2-11(6-13)16(24)22-12-8-25-9-12;3-2(4,5)1(6)7/h1-6,12H,7-9,21H2,(H,22,24);(H,6,7). The number of nitrogens with two attached hydrogens (primary N) is 1. The maximum atomic E-state index is 12.9. The summed E-state index contributed by atoms with van der Waals surface area (Å²) < 4.78 is 80.9. The van der Waals surface area contributed by atoms with Crippen molar-refractivity contribution in [1.82, 2.24) is 10.3 Å². The van der Waals surface area contributed by atoms with Crippen LogP contribution in [0.1, 0.15) is 21.6 Å². The van der Waals surface area contributed by atoms with Crippen molar-refractivity contribution < 1.29 is 50.5 Å². The van der Waals surface area contributed by atoms with Crippen LogP contribution in [-0.2, 0) is 22.3 Å². The van der Waals surface area contributed by atoms with Crippen LogP contribution < -0.4 is 15.8 Å². The third kappa shape index (κ3) is 7.91. The molecule has 0 unspecified atom stereocenters. The van der Waals surface area contributed by atoms with Crippen molar-refractivity contribution in [3.05, 3.63) is 53.2 Å². The molecule has 0 saturated carbocycles. The number of pyridine rings is 1. The Morgan fingerprint density at radius 1 is 1.15 bits per heavy atom. The van der Waals surface area contributed by atoms with Crippen LogP contribution in [0.3, 0.4) is 0 Å². The molecular formula is C19H17F6N3O5. The minimum Gasteiger partial charge on any atom is -0.475 e. The molecule has 1 aromatic carbocycles. The van der Waals surface area contributed by atoms with E-state index >= 15 is 0 Å². The fourth-order valence-electron chi connectivity index (χ4n) is 2.28. The number of aromatic nitrogens is 1. The lowest BCUT2D eigenvalue weighted by Crippen LogP contribution is -2.48. The van der Waals surface area contributed by atoms with Gasteiger partial charge in [0.2, 0.25) is 5.88 Å². The molecule has 2 heterocycles. The Hall–Kier alpha value is -3.39. The summed E-state index contributed by atoms with van der Waals surface area (Å²) in [4.78, 5) is 24.5. The first-order valence-corrected chi connectivity index (χ1v) is 9.04. The smallest absolute Gasteiger partial charge is 0.475 e. The van der Waals surface area contributed by atoms with Gasteiger partial charge in [-0.15, -0.1) is 0 Å². The summed E-state index contributed by atoms with van der Waals surface area (Å²) in [5, 5.41) is 9.90. The molecule has 8 nitrogen and oxygen atoms in total. The maximum Gasteiger partial charge on any atom is 0.490 e. The number of hydrogen-bond acceptors (Lipinski definition) is 6. The van der Waals surface area contributed by atoms with Gasteiger partial charge in [-0.2, -0.15) is 26.3 Å². The number of amides is 1. The molecule has 1 fully saturated rings. The Morgan fingerprint density at radius 2 is 1.79 bits per heavy atom. The van der Waals surface area contributed by atoms with Crippen LogP contribution in [0.5, 0.6) is 11.6 Å². The number of carboxylic acid groups (broad SMARTS) is 1. The van der Waals surface area contributed by atoms with E-state index in [1.807, 2.05) is 0 Å². The second-order valence-corrected chi connectivity index (χ2v) is 6.54. The predicted octanol–water partition coefficient (Wildman–Crippen LogP) is 3.11. The number of hydrogen-bond donors (Lipinski definition) is 3. The second kappa shape index (κ2) is 10.5. The van der Waals surface area contributed by atoms with E-state index in [9.17, 15) is 31.1 Å². The number of aliphatic carboxylic acids is 1. The van der Waals surface area contributed by atoms with E-state index in [-0.39, 0.29) is 35.7 Å². The van der Waals surface area contributed by atoms with Crippen LogP contribution in [-0.4, -0.2) is 47.4 Å². The van der Waals surface area contributed by atoms with E-state index < -0.39 is 24.0 Å². The number of nitrogens with one attached hydrogen (secondary N) is 1. The van der Waals surface area contributed by atoms with Gasteiger partial charge in [-0.05, 0) is 29.8 Å². The molecule has 0 atom stereocenters. The summed E-state index contributed by atoms with van der Waals surface area (Å²) in [7, 11) is 0. The first kappa shape index (κ1) is 25.9. The third-order valence-corrected chi connectivity index (χ3v) is 3.92. The number of ether oxygens (including phenoxy) is 2. The van der Waals surface area contributed by atoms with Crippen molar-refractivity contribution in [3.8, 4) is 11.6 Å². The van der Waals surface area contributed by atoms with Crippen molar-refractivity contribution in [2.24, 2.45) is 5.73 Å². The SMILES string of the molecule is NCc1cc(Oc2cccc(C(=O)NC3COC3)c2)nc(C(F)(F)F)c1.O=C(O)C(F)(F)F. The van der Waals surface area contributed by atoms with Gasteiger partial charge in [0.05, 0.1) is 19.3 Å². The molecule has 1 aliphatic rings. The zero-order valence-electron chi connectivity index (χ0n) is 16.5. The molecule has 1 aromatic heterocycles. The van der Waals surface area contributed by atoms with E-state index in [2.05, 4.69) is 10.3 Å². The molecule has 180 valence electrons. The zero-order valence-corrected chi connectivity index (χ0v) is 16.5. The van der Waals surface area contributed by atoms with Crippen molar-refractivity contribution in [1.29, 1.82) is 0 Å². The Bertz CT molecular complexity index is 993. The molecule has 1 aliphatic heterocycles. The summed E-state index contributed by atoms with van der Waals surface area (Å²) in [6, 6.07) is 8.26. The molecule has 3 rings (SSSR count). The lowest BCUT2D eigenvalue weighted by atomic mass is 10.1. The summed E-state index contributed by atoms with van der Waals surface area (Å²) in [6.07, 6.45) is -9.70. The molecule has 14 heteroatoms. The molecule has 0 bridgehead atoms. The minimum absolute atomic E-state index is 0.0377. The van der Waals surface area contributed by atoms with Crippen molar-refractivity contribution in [2.75, 3.05) is 13.2 Å². The molecule has 0 radical (unpaired) electrons. The number of benzene rings is 1. The van der Waals surface area contributed by atoms with E-state index in [1.165, 1.54) is 18.2 Å². The Morgan fingerprint density at radius 3 is 2.27 bits per heavy atom. The molecule has 1 amide bonds. The second-order valence-electron chi connectivity index (χ2n) is 6.54. The highest BCUT2D eigenvalue weighted by Gasteiger charge is 2.38. The van der Waals surface area contributed by atoms with Gasteiger partial charge in [-0.3, -0.25) is 4.79 Å². The van der Waals surface area contributed by atoms with Crippen LogP contribution >= 0.6 is 0 Å². The highest BCUT2D eigenvalue weighted by atomic mass is 19.4. The highest BCUT2D eigenvalue weighted by Crippen LogP contribution is 2.31. The fraction of sp³-hybridized carbons (Fsp3) is 0.316. The van der Waals surface area contributed by atoms with Crippen LogP contribution in [0.2, 0.25) is 0 Å². The number of carbonyl (C=O) groups excluding carboxylic acids is 1. The Labute approximate surface area is 182 Å². The number of carboxylic acids is 1. The molecule has 1 saturated heterocycles. The maximum absolute atomic E-state index is 12.9. The van der Waals surface area contributed by atoms with Gasteiger partial charge in [-0.1, -0.05) is 6.07 Å². The summed E-state index contributed by atoms with van der Waals surface area (Å²) in [6.45, 7) is 0.823. The largest absolute Gasteiger partial charge is 0.490 e. The van der Waals surface area contributed by atoms with E-state index in [4.69, 9.17) is 25.1 Å². The normalized spacial score (nSPS) is 13.9. The summed E-state index contributed by atoms with van der Waals surface area (Å²) in [5.41, 5.74) is 4.91. The average Bonchev–Trinajstić information content (AvgIpc) is 2.69. The average molecular weight is 481 g/mol. The molecule has 0 spiro atoms. The van der Waals surface area contributed by atoms with Crippen molar-refractivity contribution in [3.63, 3.8) is 0 Å². The Kier molecular flexibility index (Phi) is 8.22.